The summed E-state index contributed by atoms with van der Waals surface area (Å²) in [5.41, 5.74) is 1.75. The number of thiazole rings is 1. The van der Waals surface area contributed by atoms with Gasteiger partial charge in [-0.05, 0) is 36.1 Å². The van der Waals surface area contributed by atoms with Gasteiger partial charge >= 0.3 is 0 Å². The van der Waals surface area contributed by atoms with Crippen LogP contribution >= 0.6 is 22.7 Å². The van der Waals surface area contributed by atoms with Gasteiger partial charge in [0, 0.05) is 0 Å². The predicted molar refractivity (Wildman–Crippen MR) is 83.2 cm³/mol. The lowest BCUT2D eigenvalue weighted by Gasteiger charge is -2.00. The minimum absolute atomic E-state index is 0.115. The first kappa shape index (κ1) is 13.1. The Morgan fingerprint density at radius 1 is 1.35 bits per heavy atom. The molecular weight excluding hydrogens is 292 g/mol. The molecule has 3 aromatic rings. The zero-order valence-corrected chi connectivity index (χ0v) is 12.6. The molecule has 3 rings (SSSR count). The second-order valence-corrected chi connectivity index (χ2v) is 6.16. The number of carbonyl (C=O) groups excluding carboxylic acids is 1. The average Bonchev–Trinajstić information content (AvgIpc) is 3.03. The van der Waals surface area contributed by atoms with E-state index in [4.69, 9.17) is 4.74 Å². The van der Waals surface area contributed by atoms with E-state index in [0.717, 1.165) is 20.7 Å². The number of aryl methyl sites for hydroxylation is 1. The van der Waals surface area contributed by atoms with Crippen LogP contribution in [0.4, 0.5) is 5.13 Å². The number of benzene rings is 1. The Labute approximate surface area is 124 Å². The number of ether oxygens (including phenoxy) is 1. The standard InChI is InChI=1S/C14H12N2O2S2/c1-8-6-7-19-12(8)13(17)16-14-15-11-9(18-2)4-3-5-10(11)20-14/h3-7H,1-2H3,(H,15,16,17). The van der Waals surface area contributed by atoms with Crippen LogP contribution in [0.3, 0.4) is 0 Å². The minimum Gasteiger partial charge on any atom is -0.494 e. The molecule has 20 heavy (non-hydrogen) atoms. The van der Waals surface area contributed by atoms with Crippen molar-refractivity contribution in [3.05, 3.63) is 40.1 Å². The van der Waals surface area contributed by atoms with Crippen LogP contribution in [0, 0.1) is 6.92 Å². The van der Waals surface area contributed by atoms with E-state index in [1.165, 1.54) is 22.7 Å². The number of para-hydroxylation sites is 1. The predicted octanol–water partition coefficient (Wildman–Crippen LogP) is 3.93. The van der Waals surface area contributed by atoms with E-state index in [0.29, 0.717) is 10.9 Å². The number of hydrogen-bond acceptors (Lipinski definition) is 5. The van der Waals surface area contributed by atoms with Crippen LogP contribution in [-0.4, -0.2) is 18.0 Å². The van der Waals surface area contributed by atoms with Crippen molar-refractivity contribution in [2.75, 3.05) is 12.4 Å². The molecule has 0 radical (unpaired) electrons. The van der Waals surface area contributed by atoms with Crippen molar-refractivity contribution in [2.45, 2.75) is 6.92 Å². The molecule has 2 heterocycles. The Hall–Kier alpha value is -1.92. The van der Waals surface area contributed by atoms with Crippen molar-refractivity contribution >= 4 is 43.9 Å². The molecule has 1 amide bonds. The number of methoxy groups -OCH3 is 1. The molecule has 0 spiro atoms. The SMILES string of the molecule is COc1cccc2sc(NC(=O)c3sccc3C)nc12. The van der Waals surface area contributed by atoms with Crippen LogP contribution < -0.4 is 10.1 Å². The molecule has 0 bridgehead atoms. The first-order valence-electron chi connectivity index (χ1n) is 5.98. The maximum Gasteiger partial charge on any atom is 0.267 e. The van der Waals surface area contributed by atoms with Crippen LogP contribution in [0.5, 0.6) is 5.75 Å². The Morgan fingerprint density at radius 3 is 2.90 bits per heavy atom. The van der Waals surface area contributed by atoms with Crippen LogP contribution in [0.15, 0.2) is 29.6 Å². The van der Waals surface area contributed by atoms with Gasteiger partial charge in [0.2, 0.25) is 0 Å². The van der Waals surface area contributed by atoms with Crippen molar-refractivity contribution in [3.63, 3.8) is 0 Å². The lowest BCUT2D eigenvalue weighted by Crippen LogP contribution is -2.10. The van der Waals surface area contributed by atoms with Crippen LogP contribution in [0.1, 0.15) is 15.2 Å². The normalized spacial score (nSPS) is 10.7. The van der Waals surface area contributed by atoms with Gasteiger partial charge in [-0.2, -0.15) is 0 Å². The van der Waals surface area contributed by atoms with Gasteiger partial charge in [-0.3, -0.25) is 10.1 Å². The lowest BCUT2D eigenvalue weighted by atomic mass is 10.3. The van der Waals surface area contributed by atoms with Crippen LogP contribution in [0.25, 0.3) is 10.2 Å². The van der Waals surface area contributed by atoms with Crippen molar-refractivity contribution in [1.82, 2.24) is 4.98 Å². The fraction of sp³-hybridized carbons (Fsp3) is 0.143. The Morgan fingerprint density at radius 2 is 2.20 bits per heavy atom. The molecule has 4 nitrogen and oxygen atoms in total. The highest BCUT2D eigenvalue weighted by Crippen LogP contribution is 2.32. The van der Waals surface area contributed by atoms with Crippen molar-refractivity contribution in [3.8, 4) is 5.75 Å². The summed E-state index contributed by atoms with van der Waals surface area (Å²) < 4.78 is 6.26. The molecule has 0 aliphatic heterocycles. The van der Waals surface area contributed by atoms with Gasteiger partial charge in [-0.25, -0.2) is 4.98 Å². The third kappa shape index (κ3) is 2.28. The fourth-order valence-electron chi connectivity index (χ4n) is 1.90. The molecule has 1 aromatic carbocycles. The summed E-state index contributed by atoms with van der Waals surface area (Å²) in [5, 5.41) is 5.34. The number of aromatic nitrogens is 1. The van der Waals surface area contributed by atoms with E-state index in [1.807, 2.05) is 36.6 Å². The average molecular weight is 304 g/mol. The maximum absolute atomic E-state index is 12.2. The van der Waals surface area contributed by atoms with Gasteiger partial charge < -0.3 is 4.74 Å². The summed E-state index contributed by atoms with van der Waals surface area (Å²) in [6.07, 6.45) is 0. The third-order valence-electron chi connectivity index (χ3n) is 2.89. The second-order valence-electron chi connectivity index (χ2n) is 4.21. The van der Waals surface area contributed by atoms with Gasteiger partial charge in [0.15, 0.2) is 5.13 Å². The molecule has 0 atom stereocenters. The number of fused-ring (bicyclic) bond motifs is 1. The van der Waals surface area contributed by atoms with Gasteiger partial charge in [0.05, 0.1) is 16.7 Å². The summed E-state index contributed by atoms with van der Waals surface area (Å²) in [4.78, 5) is 17.3. The number of carbonyl (C=O) groups is 1. The molecule has 0 fully saturated rings. The Bertz CT molecular complexity index is 776. The lowest BCUT2D eigenvalue weighted by molar-refractivity contribution is 0.103. The summed E-state index contributed by atoms with van der Waals surface area (Å²) in [7, 11) is 1.61. The van der Waals surface area contributed by atoms with E-state index >= 15 is 0 Å². The van der Waals surface area contributed by atoms with Crippen LogP contribution in [-0.2, 0) is 0 Å². The zero-order valence-electron chi connectivity index (χ0n) is 11.0. The molecule has 1 N–H and O–H groups in total. The van der Waals surface area contributed by atoms with E-state index in [9.17, 15) is 4.79 Å². The first-order valence-corrected chi connectivity index (χ1v) is 7.67. The molecule has 0 aliphatic carbocycles. The van der Waals surface area contributed by atoms with E-state index in [2.05, 4.69) is 10.3 Å². The molecule has 6 heteroatoms. The Kier molecular flexibility index (Phi) is 3.42. The number of nitrogens with zero attached hydrogens (tertiary/aromatic N) is 1. The molecule has 102 valence electrons. The van der Waals surface area contributed by atoms with Crippen molar-refractivity contribution in [2.24, 2.45) is 0 Å². The number of anilines is 1. The monoisotopic (exact) mass is 304 g/mol. The number of hydrogen-bond donors (Lipinski definition) is 1. The van der Waals surface area contributed by atoms with Crippen molar-refractivity contribution in [1.29, 1.82) is 0 Å². The second kappa shape index (κ2) is 5.22. The highest BCUT2D eigenvalue weighted by Gasteiger charge is 2.14. The minimum atomic E-state index is -0.115. The van der Waals surface area contributed by atoms with Crippen molar-refractivity contribution < 1.29 is 9.53 Å². The molecule has 0 aliphatic rings. The number of thiophene rings is 1. The zero-order chi connectivity index (χ0) is 14.1. The summed E-state index contributed by atoms with van der Waals surface area (Å²) in [6.45, 7) is 1.92. The van der Waals surface area contributed by atoms with E-state index in [1.54, 1.807) is 7.11 Å². The van der Waals surface area contributed by atoms with E-state index in [-0.39, 0.29) is 5.91 Å². The molecule has 0 saturated heterocycles. The van der Waals surface area contributed by atoms with Gasteiger partial charge in [-0.15, -0.1) is 11.3 Å². The number of nitrogens with one attached hydrogen (secondary N) is 1. The molecule has 2 aromatic heterocycles. The topological polar surface area (TPSA) is 51.2 Å². The molecule has 0 saturated carbocycles. The third-order valence-corrected chi connectivity index (χ3v) is 4.84. The largest absolute Gasteiger partial charge is 0.494 e. The van der Waals surface area contributed by atoms with E-state index < -0.39 is 0 Å². The van der Waals surface area contributed by atoms with Gasteiger partial charge in [0.25, 0.3) is 5.91 Å². The molecule has 0 unspecified atom stereocenters. The number of amides is 1. The quantitative estimate of drug-likeness (QED) is 0.797. The maximum atomic E-state index is 12.2. The first-order chi connectivity index (χ1) is 9.69. The number of rotatable bonds is 3. The van der Waals surface area contributed by atoms with Gasteiger partial charge in [-0.1, -0.05) is 17.4 Å². The van der Waals surface area contributed by atoms with Crippen LogP contribution in [0.2, 0.25) is 0 Å². The highest BCUT2D eigenvalue weighted by atomic mass is 32.1. The smallest absolute Gasteiger partial charge is 0.267 e. The summed E-state index contributed by atoms with van der Waals surface area (Å²) in [6, 6.07) is 7.66. The van der Waals surface area contributed by atoms with Gasteiger partial charge in [0.1, 0.15) is 11.3 Å². The Balaban J connectivity index is 1.92. The fourth-order valence-corrected chi connectivity index (χ4v) is 3.60. The summed E-state index contributed by atoms with van der Waals surface area (Å²) >= 11 is 2.87. The summed E-state index contributed by atoms with van der Waals surface area (Å²) in [5.74, 6) is 0.599. The molecular formula is C14H12N2O2S2. The highest BCUT2D eigenvalue weighted by molar-refractivity contribution is 7.22.